The van der Waals surface area contributed by atoms with Crippen LogP contribution in [0.15, 0.2) is 29.2 Å². The number of thiocarbonyl (C=S) groups is 1. The first-order chi connectivity index (χ1) is 9.50. The lowest BCUT2D eigenvalue weighted by Crippen LogP contribution is -2.31. The Balaban J connectivity index is 2.26. The summed E-state index contributed by atoms with van der Waals surface area (Å²) >= 11 is 5.98. The number of fused-ring (bicyclic) bond motifs is 1. The van der Waals surface area contributed by atoms with E-state index in [4.69, 9.17) is 12.2 Å². The Morgan fingerprint density at radius 2 is 2.00 bits per heavy atom. The molecule has 7 heteroatoms. The first-order valence-corrected chi connectivity index (χ1v) is 6.95. The average molecular weight is 304 g/mol. The van der Waals surface area contributed by atoms with Gasteiger partial charge in [0.05, 0.1) is 16.2 Å². The monoisotopic (exact) mass is 304 g/mol. The van der Waals surface area contributed by atoms with E-state index < -0.39 is 11.8 Å². The number of anilines is 1. The number of nitrogens with one attached hydrogen (secondary N) is 1. The third-order valence-corrected chi connectivity index (χ3v) is 4.22. The molecule has 100 valence electrons. The zero-order valence-electron chi connectivity index (χ0n) is 10.3. The van der Waals surface area contributed by atoms with Crippen LogP contribution in [0.4, 0.5) is 5.69 Å². The van der Waals surface area contributed by atoms with Crippen LogP contribution in [0.2, 0.25) is 0 Å². The molecule has 20 heavy (non-hydrogen) atoms. The molecule has 0 aromatic heterocycles. The molecule has 2 aliphatic heterocycles. The third-order valence-electron chi connectivity index (χ3n) is 2.99. The number of amides is 3. The predicted octanol–water partition coefficient (Wildman–Crippen LogP) is 1.44. The molecule has 1 N–H and O–H groups in total. The molecular weight excluding hydrogens is 296 g/mol. The highest BCUT2D eigenvalue weighted by Gasteiger charge is 2.40. The van der Waals surface area contributed by atoms with Crippen molar-refractivity contribution in [1.29, 1.82) is 0 Å². The SMILES string of the molecule is CC(=O)N1C(=O)C(=C2SC(=S)NC2=O)c2ccccc21. The molecule has 1 fully saturated rings. The van der Waals surface area contributed by atoms with Crippen molar-refractivity contribution in [2.75, 3.05) is 4.90 Å². The van der Waals surface area contributed by atoms with Crippen LogP contribution in [-0.2, 0) is 14.4 Å². The van der Waals surface area contributed by atoms with Crippen molar-refractivity contribution in [3.05, 3.63) is 34.7 Å². The smallest absolute Gasteiger partial charge is 0.267 e. The molecule has 0 atom stereocenters. The van der Waals surface area contributed by atoms with E-state index in [2.05, 4.69) is 5.32 Å². The van der Waals surface area contributed by atoms with Gasteiger partial charge in [0.2, 0.25) is 5.91 Å². The van der Waals surface area contributed by atoms with Gasteiger partial charge in [-0.1, -0.05) is 42.2 Å². The maximum absolute atomic E-state index is 12.5. The molecule has 0 aliphatic carbocycles. The first kappa shape index (κ1) is 13.0. The summed E-state index contributed by atoms with van der Waals surface area (Å²) in [7, 11) is 0. The van der Waals surface area contributed by atoms with E-state index in [-0.39, 0.29) is 16.4 Å². The number of imide groups is 1. The van der Waals surface area contributed by atoms with Crippen LogP contribution in [0.1, 0.15) is 12.5 Å². The summed E-state index contributed by atoms with van der Waals surface area (Å²) in [6.07, 6.45) is 0. The highest BCUT2D eigenvalue weighted by molar-refractivity contribution is 8.27. The van der Waals surface area contributed by atoms with E-state index in [1.165, 1.54) is 6.92 Å². The van der Waals surface area contributed by atoms with Gasteiger partial charge in [0.15, 0.2) is 0 Å². The molecule has 3 amide bonds. The minimum atomic E-state index is -0.485. The van der Waals surface area contributed by atoms with E-state index in [9.17, 15) is 14.4 Å². The number of rotatable bonds is 0. The average Bonchev–Trinajstić information content (AvgIpc) is 2.85. The van der Waals surface area contributed by atoms with E-state index >= 15 is 0 Å². The number of carbonyl (C=O) groups is 3. The van der Waals surface area contributed by atoms with Gasteiger partial charge in [0.25, 0.3) is 11.8 Å². The Hall–Kier alpha value is -1.99. The second-order valence-corrected chi connectivity index (χ2v) is 5.91. The van der Waals surface area contributed by atoms with Gasteiger partial charge >= 0.3 is 0 Å². The Morgan fingerprint density at radius 1 is 1.30 bits per heavy atom. The number of hydrogen-bond acceptors (Lipinski definition) is 5. The van der Waals surface area contributed by atoms with E-state index in [0.717, 1.165) is 16.7 Å². The lowest BCUT2D eigenvalue weighted by Gasteiger charge is -2.11. The van der Waals surface area contributed by atoms with Crippen LogP contribution in [0.3, 0.4) is 0 Å². The van der Waals surface area contributed by atoms with Gasteiger partial charge < -0.3 is 5.32 Å². The van der Waals surface area contributed by atoms with Crippen molar-refractivity contribution in [2.45, 2.75) is 6.92 Å². The van der Waals surface area contributed by atoms with Crippen molar-refractivity contribution in [2.24, 2.45) is 0 Å². The van der Waals surface area contributed by atoms with Crippen molar-refractivity contribution in [1.82, 2.24) is 5.32 Å². The van der Waals surface area contributed by atoms with Crippen molar-refractivity contribution in [3.63, 3.8) is 0 Å². The fraction of sp³-hybridized carbons (Fsp3) is 0.0769. The zero-order valence-corrected chi connectivity index (χ0v) is 11.9. The summed E-state index contributed by atoms with van der Waals surface area (Å²) in [5.41, 5.74) is 1.31. The van der Waals surface area contributed by atoms with Gasteiger partial charge in [0, 0.05) is 12.5 Å². The van der Waals surface area contributed by atoms with Crippen LogP contribution in [-0.4, -0.2) is 22.0 Å². The minimum Gasteiger partial charge on any atom is -0.307 e. The lowest BCUT2D eigenvalue weighted by molar-refractivity contribution is -0.122. The molecule has 1 aromatic rings. The normalized spacial score (nSPS) is 21.2. The molecule has 2 heterocycles. The summed E-state index contributed by atoms with van der Waals surface area (Å²) < 4.78 is 0.309. The molecule has 2 aliphatic rings. The van der Waals surface area contributed by atoms with Gasteiger partial charge in [-0.2, -0.15) is 0 Å². The molecule has 0 radical (unpaired) electrons. The molecule has 3 rings (SSSR count). The second-order valence-electron chi connectivity index (χ2n) is 4.22. The Kier molecular flexibility index (Phi) is 2.95. The number of benzene rings is 1. The standard InChI is InChI=1S/C13H8N2O3S2/c1-6(16)15-8-5-3-2-4-7(8)9(12(15)18)10-11(17)14-13(19)20-10/h2-5H,1H3,(H,14,17,19). The zero-order chi connectivity index (χ0) is 14.4. The summed E-state index contributed by atoms with van der Waals surface area (Å²) in [5, 5.41) is 2.48. The Morgan fingerprint density at radius 3 is 2.60 bits per heavy atom. The van der Waals surface area contributed by atoms with Crippen LogP contribution in [0.5, 0.6) is 0 Å². The topological polar surface area (TPSA) is 66.5 Å². The fourth-order valence-corrected chi connectivity index (χ4v) is 3.34. The quantitative estimate of drug-likeness (QED) is 0.580. The highest BCUT2D eigenvalue weighted by Crippen LogP contribution is 2.42. The van der Waals surface area contributed by atoms with Crippen molar-refractivity contribution < 1.29 is 14.4 Å². The fourth-order valence-electron chi connectivity index (χ4n) is 2.23. The summed E-state index contributed by atoms with van der Waals surface area (Å²) in [4.78, 5) is 37.3. The maximum atomic E-state index is 12.5. The van der Waals surface area contributed by atoms with Gasteiger partial charge in [-0.3, -0.25) is 14.4 Å². The Labute approximate surface area is 124 Å². The molecule has 0 spiro atoms. The molecular formula is C13H8N2O3S2. The lowest BCUT2D eigenvalue weighted by atomic mass is 10.1. The summed E-state index contributed by atoms with van der Waals surface area (Å²) in [6.45, 7) is 1.31. The van der Waals surface area contributed by atoms with Crippen molar-refractivity contribution >= 4 is 57.3 Å². The van der Waals surface area contributed by atoms with Crippen molar-refractivity contribution in [3.8, 4) is 0 Å². The van der Waals surface area contributed by atoms with Gasteiger partial charge in [0.1, 0.15) is 4.32 Å². The number of hydrogen-bond donors (Lipinski definition) is 1. The predicted molar refractivity (Wildman–Crippen MR) is 79.9 cm³/mol. The molecule has 1 saturated heterocycles. The van der Waals surface area contributed by atoms with E-state index in [1.54, 1.807) is 24.3 Å². The summed E-state index contributed by atoms with van der Waals surface area (Å²) in [6, 6.07) is 6.89. The van der Waals surface area contributed by atoms with Gasteiger partial charge in [-0.05, 0) is 6.07 Å². The van der Waals surface area contributed by atoms with Crippen LogP contribution >= 0.6 is 24.0 Å². The minimum absolute atomic E-state index is 0.234. The van der Waals surface area contributed by atoms with Crippen LogP contribution in [0, 0.1) is 0 Å². The first-order valence-electron chi connectivity index (χ1n) is 5.72. The third kappa shape index (κ3) is 1.78. The number of thioether (sulfide) groups is 1. The second kappa shape index (κ2) is 4.53. The van der Waals surface area contributed by atoms with Crippen LogP contribution in [0.25, 0.3) is 5.57 Å². The summed E-state index contributed by atoms with van der Waals surface area (Å²) in [5.74, 6) is -1.27. The van der Waals surface area contributed by atoms with E-state index in [1.807, 2.05) is 0 Å². The van der Waals surface area contributed by atoms with E-state index in [0.29, 0.717) is 15.6 Å². The molecule has 1 aromatic carbocycles. The molecule has 0 saturated carbocycles. The molecule has 5 nitrogen and oxygen atoms in total. The number of nitrogens with zero attached hydrogens (tertiary/aromatic N) is 1. The maximum Gasteiger partial charge on any atom is 0.267 e. The Bertz CT molecular complexity index is 724. The molecule has 0 unspecified atom stereocenters. The number of para-hydroxylation sites is 1. The number of carbonyl (C=O) groups excluding carboxylic acids is 3. The van der Waals surface area contributed by atoms with Gasteiger partial charge in [-0.15, -0.1) is 0 Å². The highest BCUT2D eigenvalue weighted by atomic mass is 32.2. The van der Waals surface area contributed by atoms with Crippen LogP contribution < -0.4 is 10.2 Å². The largest absolute Gasteiger partial charge is 0.307 e. The molecule has 0 bridgehead atoms. The van der Waals surface area contributed by atoms with Gasteiger partial charge in [-0.25, -0.2) is 4.90 Å².